The van der Waals surface area contributed by atoms with Gasteiger partial charge in [0.15, 0.2) is 6.61 Å². The van der Waals surface area contributed by atoms with E-state index in [0.29, 0.717) is 34.7 Å². The van der Waals surface area contributed by atoms with Crippen molar-refractivity contribution < 1.29 is 23.8 Å². The number of aryl methyl sites for hydroxylation is 1. The molecule has 2 aromatic carbocycles. The Morgan fingerprint density at radius 1 is 0.929 bits per heavy atom. The van der Waals surface area contributed by atoms with E-state index >= 15 is 0 Å². The molecule has 0 bridgehead atoms. The Balaban J connectivity index is 1.82. The van der Waals surface area contributed by atoms with Gasteiger partial charge in [0.2, 0.25) is 0 Å². The highest BCUT2D eigenvalue weighted by Crippen LogP contribution is 2.26. The van der Waals surface area contributed by atoms with Crippen molar-refractivity contribution in [1.29, 1.82) is 0 Å². The van der Waals surface area contributed by atoms with Crippen molar-refractivity contribution >= 4 is 43.7 Å². The minimum atomic E-state index is -0.487. The lowest BCUT2D eigenvalue weighted by molar-refractivity contribution is -0.123. The van der Waals surface area contributed by atoms with E-state index in [-0.39, 0.29) is 6.61 Å². The molecule has 28 heavy (non-hydrogen) atoms. The molecule has 0 aliphatic rings. The first kappa shape index (κ1) is 22.2. The number of carbonyl (C=O) groups excluding carboxylic acids is 2. The van der Waals surface area contributed by atoms with Crippen LogP contribution in [0.15, 0.2) is 45.3 Å². The average Bonchev–Trinajstić information content (AvgIpc) is 2.66. The summed E-state index contributed by atoms with van der Waals surface area (Å²) in [6, 6.07) is 10.4. The molecule has 0 spiro atoms. The van der Waals surface area contributed by atoms with Crippen molar-refractivity contribution in [3.63, 3.8) is 0 Å². The molecule has 2 amide bonds. The molecule has 0 saturated heterocycles. The van der Waals surface area contributed by atoms with Gasteiger partial charge in [-0.15, -0.1) is 0 Å². The number of methoxy groups -OCH3 is 1. The SMILES string of the molecule is COCCOc1ccc(C(=O)NNC(=O)COc2ccc(C)cc2Br)cc1Br. The van der Waals surface area contributed by atoms with E-state index in [9.17, 15) is 9.59 Å². The first-order chi connectivity index (χ1) is 13.4. The second-order valence-corrected chi connectivity index (χ2v) is 7.42. The number of carbonyl (C=O) groups is 2. The van der Waals surface area contributed by atoms with Crippen molar-refractivity contribution in [1.82, 2.24) is 10.9 Å². The van der Waals surface area contributed by atoms with Gasteiger partial charge in [-0.2, -0.15) is 0 Å². The molecule has 2 rings (SSSR count). The number of hydrogen-bond acceptors (Lipinski definition) is 5. The van der Waals surface area contributed by atoms with Gasteiger partial charge in [0.1, 0.15) is 18.1 Å². The number of hydrogen-bond donors (Lipinski definition) is 2. The predicted molar refractivity (Wildman–Crippen MR) is 111 cm³/mol. The Labute approximate surface area is 180 Å². The highest BCUT2D eigenvalue weighted by molar-refractivity contribution is 9.10. The molecule has 2 N–H and O–H groups in total. The van der Waals surface area contributed by atoms with E-state index in [1.807, 2.05) is 19.1 Å². The molecule has 0 radical (unpaired) electrons. The second-order valence-electron chi connectivity index (χ2n) is 5.71. The number of ether oxygens (including phenoxy) is 3. The van der Waals surface area contributed by atoms with Gasteiger partial charge < -0.3 is 14.2 Å². The van der Waals surface area contributed by atoms with Crippen LogP contribution in [-0.4, -0.2) is 38.7 Å². The zero-order chi connectivity index (χ0) is 20.5. The minimum Gasteiger partial charge on any atom is -0.490 e. The summed E-state index contributed by atoms with van der Waals surface area (Å²) in [7, 11) is 1.59. The highest BCUT2D eigenvalue weighted by atomic mass is 79.9. The fraction of sp³-hybridized carbons (Fsp3) is 0.263. The molecular formula is C19H20Br2N2O5. The molecule has 0 saturated carbocycles. The molecule has 0 aliphatic heterocycles. The van der Waals surface area contributed by atoms with Crippen LogP contribution in [0.1, 0.15) is 15.9 Å². The van der Waals surface area contributed by atoms with Crippen LogP contribution in [0.4, 0.5) is 0 Å². The van der Waals surface area contributed by atoms with Gasteiger partial charge >= 0.3 is 0 Å². The van der Waals surface area contributed by atoms with Crippen LogP contribution in [0.25, 0.3) is 0 Å². The molecular weight excluding hydrogens is 496 g/mol. The smallest absolute Gasteiger partial charge is 0.276 e. The molecule has 150 valence electrons. The van der Waals surface area contributed by atoms with Gasteiger partial charge in [-0.25, -0.2) is 0 Å². The molecule has 0 aliphatic carbocycles. The zero-order valence-electron chi connectivity index (χ0n) is 15.4. The van der Waals surface area contributed by atoms with E-state index < -0.39 is 11.8 Å². The summed E-state index contributed by atoms with van der Waals surface area (Å²) in [5, 5.41) is 0. The summed E-state index contributed by atoms with van der Waals surface area (Å²) in [4.78, 5) is 24.1. The highest BCUT2D eigenvalue weighted by Gasteiger charge is 2.11. The predicted octanol–water partition coefficient (Wildman–Crippen LogP) is 3.39. The minimum absolute atomic E-state index is 0.238. The van der Waals surface area contributed by atoms with Gasteiger partial charge in [-0.05, 0) is 74.7 Å². The van der Waals surface area contributed by atoms with E-state index in [0.717, 1.165) is 10.0 Å². The maximum absolute atomic E-state index is 12.2. The quantitative estimate of drug-likeness (QED) is 0.416. The van der Waals surface area contributed by atoms with Crippen LogP contribution in [0.2, 0.25) is 0 Å². The number of hydrazine groups is 1. The Kier molecular flexibility index (Phi) is 8.75. The van der Waals surface area contributed by atoms with E-state index in [1.54, 1.807) is 31.4 Å². The van der Waals surface area contributed by atoms with Crippen molar-refractivity contribution in [3.05, 3.63) is 56.5 Å². The van der Waals surface area contributed by atoms with Crippen LogP contribution in [0.3, 0.4) is 0 Å². The number of benzene rings is 2. The first-order valence-corrected chi connectivity index (χ1v) is 9.88. The Hall–Kier alpha value is -2.10. The lowest BCUT2D eigenvalue weighted by Gasteiger charge is -2.11. The summed E-state index contributed by atoms with van der Waals surface area (Å²) in [6.45, 7) is 2.57. The average molecular weight is 516 g/mol. The molecule has 0 aromatic heterocycles. The van der Waals surface area contributed by atoms with Gasteiger partial charge in [0.05, 0.1) is 15.6 Å². The third-order valence-corrected chi connectivity index (χ3v) is 4.74. The largest absolute Gasteiger partial charge is 0.490 e. The summed E-state index contributed by atoms with van der Waals surface area (Å²) >= 11 is 6.73. The van der Waals surface area contributed by atoms with Crippen molar-refractivity contribution in [2.75, 3.05) is 26.9 Å². The molecule has 0 heterocycles. The van der Waals surface area contributed by atoms with Crippen molar-refractivity contribution in [2.24, 2.45) is 0 Å². The van der Waals surface area contributed by atoms with Crippen LogP contribution in [-0.2, 0) is 9.53 Å². The Bertz CT molecular complexity index is 845. The Morgan fingerprint density at radius 3 is 2.29 bits per heavy atom. The maximum Gasteiger partial charge on any atom is 0.276 e. The third kappa shape index (κ3) is 6.81. The topological polar surface area (TPSA) is 85.9 Å². The van der Waals surface area contributed by atoms with Gasteiger partial charge in [-0.3, -0.25) is 20.4 Å². The van der Waals surface area contributed by atoms with Gasteiger partial charge in [0, 0.05) is 12.7 Å². The Morgan fingerprint density at radius 2 is 1.61 bits per heavy atom. The van der Waals surface area contributed by atoms with Crippen molar-refractivity contribution in [3.8, 4) is 11.5 Å². The fourth-order valence-corrected chi connectivity index (χ4v) is 3.20. The third-order valence-electron chi connectivity index (χ3n) is 3.50. The molecule has 0 fully saturated rings. The lowest BCUT2D eigenvalue weighted by atomic mass is 10.2. The number of nitrogens with one attached hydrogen (secondary N) is 2. The summed E-state index contributed by atoms with van der Waals surface area (Å²) in [5.41, 5.74) is 6.08. The fourth-order valence-electron chi connectivity index (χ4n) is 2.10. The molecule has 0 unspecified atom stereocenters. The molecule has 0 atom stereocenters. The first-order valence-electron chi connectivity index (χ1n) is 8.30. The van der Waals surface area contributed by atoms with Crippen LogP contribution >= 0.6 is 31.9 Å². The van der Waals surface area contributed by atoms with Gasteiger partial charge in [-0.1, -0.05) is 6.07 Å². The molecule has 9 heteroatoms. The number of rotatable bonds is 8. The molecule has 7 nitrogen and oxygen atoms in total. The zero-order valence-corrected chi connectivity index (χ0v) is 18.6. The number of amides is 2. The maximum atomic E-state index is 12.2. The van der Waals surface area contributed by atoms with Gasteiger partial charge in [0.25, 0.3) is 11.8 Å². The standard InChI is InChI=1S/C19H20Br2N2O5/c1-12-3-5-17(14(20)9-12)28-11-18(24)22-23-19(25)13-4-6-16(15(21)10-13)27-8-7-26-2/h3-6,9-10H,7-8,11H2,1-2H3,(H,22,24)(H,23,25). The summed E-state index contributed by atoms with van der Waals surface area (Å²) < 4.78 is 17.2. The normalized spacial score (nSPS) is 10.3. The van der Waals surface area contributed by atoms with Crippen LogP contribution in [0, 0.1) is 6.92 Å². The van der Waals surface area contributed by atoms with Crippen molar-refractivity contribution in [2.45, 2.75) is 6.92 Å². The second kappa shape index (κ2) is 11.0. The number of halogens is 2. The monoisotopic (exact) mass is 514 g/mol. The summed E-state index contributed by atoms with van der Waals surface area (Å²) in [5.74, 6) is 0.184. The lowest BCUT2D eigenvalue weighted by Crippen LogP contribution is -2.43. The van der Waals surface area contributed by atoms with Crippen LogP contribution < -0.4 is 20.3 Å². The molecule has 2 aromatic rings. The summed E-state index contributed by atoms with van der Waals surface area (Å²) in [6.07, 6.45) is 0. The van der Waals surface area contributed by atoms with E-state index in [1.165, 1.54) is 0 Å². The van der Waals surface area contributed by atoms with Crippen LogP contribution in [0.5, 0.6) is 11.5 Å². The van der Waals surface area contributed by atoms with E-state index in [2.05, 4.69) is 42.7 Å². The van der Waals surface area contributed by atoms with E-state index in [4.69, 9.17) is 14.2 Å².